The molecule has 0 unspecified atom stereocenters. The third-order valence-corrected chi connectivity index (χ3v) is 6.07. The van der Waals surface area contributed by atoms with Crippen molar-refractivity contribution in [2.45, 2.75) is 19.3 Å². The summed E-state index contributed by atoms with van der Waals surface area (Å²) >= 11 is 3.44. The van der Waals surface area contributed by atoms with Crippen molar-refractivity contribution >= 4 is 44.2 Å². The Morgan fingerprint density at radius 3 is 2.60 bits per heavy atom. The number of aromatic nitrogens is 2. The molecular weight excluding hydrogens is 442 g/mol. The molecule has 3 aromatic carbocycles. The van der Waals surface area contributed by atoms with Crippen molar-refractivity contribution in [2.24, 2.45) is 0 Å². The van der Waals surface area contributed by atoms with Crippen LogP contribution in [0, 0.1) is 6.92 Å². The number of nitrogens with one attached hydrogen (secondary N) is 1. The zero-order valence-corrected chi connectivity index (χ0v) is 17.8. The summed E-state index contributed by atoms with van der Waals surface area (Å²) in [6.45, 7) is 1.88. The quantitative estimate of drug-likeness (QED) is 0.416. The summed E-state index contributed by atoms with van der Waals surface area (Å²) in [5.74, 6) is -0.228. The van der Waals surface area contributed by atoms with Gasteiger partial charge in [0.05, 0.1) is 17.3 Å². The Hall–Kier alpha value is -3.25. The fraction of sp³-hybridized carbons (Fsp3) is 0.125. The van der Waals surface area contributed by atoms with E-state index in [1.165, 1.54) is 0 Å². The largest absolute Gasteiger partial charge is 0.310 e. The molecule has 1 aliphatic heterocycles. The summed E-state index contributed by atoms with van der Waals surface area (Å²) in [5, 5.41) is 9.49. The average Bonchev–Trinajstić information content (AvgIpc) is 3.09. The molecule has 1 atom stereocenters. The molecule has 148 valence electrons. The number of hydrogen-bond acceptors (Lipinski definition) is 3. The van der Waals surface area contributed by atoms with E-state index < -0.39 is 5.92 Å². The first-order valence-corrected chi connectivity index (χ1v) is 10.5. The second kappa shape index (κ2) is 7.22. The molecule has 0 spiro atoms. The van der Waals surface area contributed by atoms with Gasteiger partial charge in [-0.2, -0.15) is 5.10 Å². The van der Waals surface area contributed by atoms with E-state index >= 15 is 0 Å². The zero-order chi connectivity index (χ0) is 20.8. The van der Waals surface area contributed by atoms with Crippen molar-refractivity contribution in [1.82, 2.24) is 9.78 Å². The highest BCUT2D eigenvalue weighted by Gasteiger charge is 2.36. The van der Waals surface area contributed by atoms with Gasteiger partial charge in [0.25, 0.3) is 0 Å². The van der Waals surface area contributed by atoms with E-state index in [1.54, 1.807) is 4.68 Å². The molecule has 0 radical (unpaired) electrons. The van der Waals surface area contributed by atoms with E-state index in [0.717, 1.165) is 32.2 Å². The van der Waals surface area contributed by atoms with Crippen molar-refractivity contribution in [2.75, 3.05) is 5.32 Å². The molecule has 1 aromatic heterocycles. The number of amides is 1. The number of carbonyl (C=O) groups excluding carboxylic acids is 2. The average molecular weight is 460 g/mol. The minimum absolute atomic E-state index is 0.0543. The first kappa shape index (κ1) is 18.8. The molecule has 30 heavy (non-hydrogen) atoms. The second-order valence-corrected chi connectivity index (χ2v) is 8.35. The maximum absolute atomic E-state index is 13.6. The molecule has 1 aliphatic rings. The normalized spacial score (nSPS) is 15.7. The lowest BCUT2D eigenvalue weighted by atomic mass is 9.84. The number of rotatable bonds is 3. The van der Waals surface area contributed by atoms with E-state index in [-0.39, 0.29) is 18.1 Å². The van der Waals surface area contributed by atoms with Gasteiger partial charge in [-0.3, -0.25) is 9.59 Å². The van der Waals surface area contributed by atoms with Crippen molar-refractivity contribution in [3.05, 3.63) is 88.0 Å². The van der Waals surface area contributed by atoms with Gasteiger partial charge in [-0.05, 0) is 42.0 Å². The van der Waals surface area contributed by atoms with Crippen LogP contribution in [0.1, 0.15) is 34.0 Å². The van der Waals surface area contributed by atoms with Gasteiger partial charge in [-0.15, -0.1) is 0 Å². The maximum atomic E-state index is 13.6. The van der Waals surface area contributed by atoms with Crippen LogP contribution in [0.5, 0.6) is 0 Å². The van der Waals surface area contributed by atoms with Crippen LogP contribution < -0.4 is 5.32 Å². The zero-order valence-electron chi connectivity index (χ0n) is 16.2. The SMILES string of the molecule is Cc1nn(-c2ccc(Br)cc2)c2c1[C@H](C(=O)c1cccc3ccccc13)CC(=O)N2. The van der Waals surface area contributed by atoms with E-state index in [9.17, 15) is 9.59 Å². The molecule has 0 bridgehead atoms. The standard InChI is InChI=1S/C24H18BrN3O2/c1-14-22-20(23(30)19-8-4-6-15-5-2-3-7-18(15)19)13-21(29)26-24(22)28(27-14)17-11-9-16(25)10-12-17/h2-12,20H,13H2,1H3,(H,26,29)/t20-/m1/s1. The van der Waals surface area contributed by atoms with Crippen LogP contribution in [0.15, 0.2) is 71.2 Å². The highest BCUT2D eigenvalue weighted by molar-refractivity contribution is 9.10. The number of ketones is 1. The predicted molar refractivity (Wildman–Crippen MR) is 120 cm³/mol. The number of aryl methyl sites for hydroxylation is 1. The molecular formula is C24H18BrN3O2. The van der Waals surface area contributed by atoms with Crippen LogP contribution in [0.3, 0.4) is 0 Å². The van der Waals surface area contributed by atoms with Gasteiger partial charge in [-0.25, -0.2) is 4.68 Å². The van der Waals surface area contributed by atoms with E-state index in [2.05, 4.69) is 26.3 Å². The summed E-state index contributed by atoms with van der Waals surface area (Å²) in [4.78, 5) is 26.2. The lowest BCUT2D eigenvalue weighted by Gasteiger charge is -2.23. The number of benzene rings is 3. The molecule has 4 aromatic rings. The summed E-state index contributed by atoms with van der Waals surface area (Å²) in [6.07, 6.45) is 0.113. The van der Waals surface area contributed by atoms with Crippen LogP contribution in [0.25, 0.3) is 16.5 Å². The lowest BCUT2D eigenvalue weighted by molar-refractivity contribution is -0.116. The Labute approximate surface area is 181 Å². The maximum Gasteiger partial charge on any atom is 0.226 e. The Morgan fingerprint density at radius 1 is 1.07 bits per heavy atom. The molecule has 6 heteroatoms. The van der Waals surface area contributed by atoms with E-state index in [0.29, 0.717) is 11.4 Å². The first-order valence-electron chi connectivity index (χ1n) is 9.70. The van der Waals surface area contributed by atoms with E-state index in [4.69, 9.17) is 0 Å². The number of Topliss-reactive ketones (excluding diaryl/α,β-unsaturated/α-hetero) is 1. The molecule has 0 aliphatic carbocycles. The predicted octanol–water partition coefficient (Wildman–Crippen LogP) is 5.41. The van der Waals surface area contributed by atoms with Gasteiger partial charge in [-0.1, -0.05) is 58.4 Å². The number of fused-ring (bicyclic) bond motifs is 2. The van der Waals surface area contributed by atoms with Gasteiger partial charge >= 0.3 is 0 Å². The molecule has 1 N–H and O–H groups in total. The molecule has 0 saturated carbocycles. The molecule has 2 heterocycles. The van der Waals surface area contributed by atoms with Crippen LogP contribution in [0.2, 0.25) is 0 Å². The molecule has 0 saturated heterocycles. The Bertz CT molecular complexity index is 1300. The Balaban J connectivity index is 1.64. The second-order valence-electron chi connectivity index (χ2n) is 7.43. The van der Waals surface area contributed by atoms with Gasteiger partial charge in [0.15, 0.2) is 5.78 Å². The first-order chi connectivity index (χ1) is 14.5. The number of carbonyl (C=O) groups is 2. The van der Waals surface area contributed by atoms with Gasteiger partial charge < -0.3 is 5.32 Å². The summed E-state index contributed by atoms with van der Waals surface area (Å²) in [7, 11) is 0. The summed E-state index contributed by atoms with van der Waals surface area (Å²) in [5.41, 5.74) is 2.98. The number of halogens is 1. The third-order valence-electron chi connectivity index (χ3n) is 5.55. The Kier molecular flexibility index (Phi) is 4.51. The van der Waals surface area contributed by atoms with Gasteiger partial charge in [0.2, 0.25) is 5.91 Å². The smallest absolute Gasteiger partial charge is 0.226 e. The minimum atomic E-state index is -0.566. The van der Waals surface area contributed by atoms with E-state index in [1.807, 2.05) is 73.7 Å². The summed E-state index contributed by atoms with van der Waals surface area (Å²) in [6, 6.07) is 21.2. The van der Waals surface area contributed by atoms with Gasteiger partial charge in [0, 0.05) is 22.0 Å². The monoisotopic (exact) mass is 459 g/mol. The van der Waals surface area contributed by atoms with Gasteiger partial charge in [0.1, 0.15) is 5.82 Å². The van der Waals surface area contributed by atoms with Crippen molar-refractivity contribution < 1.29 is 9.59 Å². The Morgan fingerprint density at radius 2 is 1.80 bits per heavy atom. The molecule has 1 amide bonds. The van der Waals surface area contributed by atoms with Crippen molar-refractivity contribution in [1.29, 1.82) is 0 Å². The number of hydrogen-bond donors (Lipinski definition) is 1. The lowest BCUT2D eigenvalue weighted by Crippen LogP contribution is -2.28. The fourth-order valence-electron chi connectivity index (χ4n) is 4.17. The molecule has 5 rings (SSSR count). The molecule has 5 nitrogen and oxygen atoms in total. The number of anilines is 1. The highest BCUT2D eigenvalue weighted by Crippen LogP contribution is 2.39. The highest BCUT2D eigenvalue weighted by atomic mass is 79.9. The number of nitrogens with zero attached hydrogens (tertiary/aromatic N) is 2. The minimum Gasteiger partial charge on any atom is -0.310 e. The summed E-state index contributed by atoms with van der Waals surface area (Å²) < 4.78 is 2.66. The van der Waals surface area contributed by atoms with Crippen LogP contribution in [-0.2, 0) is 4.79 Å². The van der Waals surface area contributed by atoms with Crippen molar-refractivity contribution in [3.8, 4) is 5.69 Å². The molecule has 0 fully saturated rings. The fourth-order valence-corrected chi connectivity index (χ4v) is 4.43. The van der Waals surface area contributed by atoms with Crippen LogP contribution in [-0.4, -0.2) is 21.5 Å². The topological polar surface area (TPSA) is 64.0 Å². The third kappa shape index (κ3) is 3.04. The van der Waals surface area contributed by atoms with Crippen molar-refractivity contribution in [3.63, 3.8) is 0 Å². The van der Waals surface area contributed by atoms with Crippen LogP contribution >= 0.6 is 15.9 Å². The van der Waals surface area contributed by atoms with Crippen LogP contribution in [0.4, 0.5) is 5.82 Å².